The molecule has 0 heterocycles. The summed E-state index contributed by atoms with van der Waals surface area (Å²) in [5, 5.41) is 0. The van der Waals surface area contributed by atoms with Crippen molar-refractivity contribution in [2.75, 3.05) is 0 Å². The Morgan fingerprint density at radius 1 is 0.250 bits per heavy atom. The number of amides is 1. The summed E-state index contributed by atoms with van der Waals surface area (Å²) in [5.41, 5.74) is 5.79. The summed E-state index contributed by atoms with van der Waals surface area (Å²) in [7, 11) is 0. The van der Waals surface area contributed by atoms with Crippen LogP contribution in [0.3, 0.4) is 0 Å². The average molecular weight is 788 g/mol. The molecule has 0 aromatic heterocycles. The Kier molecular flexibility index (Phi) is 50.1. The summed E-state index contributed by atoms with van der Waals surface area (Å²) < 4.78 is 0. The van der Waals surface area contributed by atoms with E-state index >= 15 is 0 Å². The quantitative estimate of drug-likeness (QED) is 0.0613. The molecule has 0 aliphatic rings. The minimum atomic E-state index is -0.0480. The van der Waals surface area contributed by atoms with Crippen LogP contribution in [-0.2, 0) is 4.79 Å². The first kappa shape index (κ1) is 55.5. The summed E-state index contributed by atoms with van der Waals surface area (Å²) in [5.74, 6) is 0.0719. The molecule has 0 aromatic rings. The van der Waals surface area contributed by atoms with Crippen molar-refractivity contribution in [1.29, 1.82) is 0 Å². The van der Waals surface area contributed by atoms with Crippen molar-refractivity contribution in [3.8, 4) is 0 Å². The second-order valence-corrected chi connectivity index (χ2v) is 18.9. The molecule has 0 aliphatic heterocycles. The monoisotopic (exact) mass is 788 g/mol. The lowest BCUT2D eigenvalue weighted by molar-refractivity contribution is -0.122. The topological polar surface area (TPSA) is 43.1 Å². The zero-order valence-corrected chi connectivity index (χ0v) is 39.4. The third-order valence-corrected chi connectivity index (χ3v) is 13.2. The highest BCUT2D eigenvalue weighted by Gasteiger charge is 2.14. The Morgan fingerprint density at radius 3 is 0.500 bits per heavy atom. The van der Waals surface area contributed by atoms with Crippen molar-refractivity contribution in [2.45, 2.75) is 335 Å². The van der Waals surface area contributed by atoms with Crippen LogP contribution in [0.25, 0.3) is 0 Å². The number of hydrogen-bond donors (Lipinski definition) is 1. The molecule has 2 heteroatoms. The maximum absolute atomic E-state index is 12.0. The van der Waals surface area contributed by atoms with Crippen LogP contribution >= 0.6 is 0 Å². The van der Waals surface area contributed by atoms with Crippen molar-refractivity contribution in [2.24, 2.45) is 11.7 Å². The molecule has 0 spiro atoms. The van der Waals surface area contributed by atoms with Gasteiger partial charge in [0.05, 0.1) is 0 Å². The number of unbranched alkanes of at least 4 members (excludes halogenated alkanes) is 46. The Balaban J connectivity index is 3.31. The van der Waals surface area contributed by atoms with Gasteiger partial charge in [-0.1, -0.05) is 322 Å². The average Bonchev–Trinajstić information content (AvgIpc) is 3.20. The molecule has 0 bridgehead atoms. The van der Waals surface area contributed by atoms with Crippen LogP contribution < -0.4 is 5.73 Å². The van der Waals surface area contributed by atoms with Crippen LogP contribution in [0.4, 0.5) is 0 Å². The second-order valence-electron chi connectivity index (χ2n) is 18.9. The molecule has 0 aliphatic carbocycles. The first-order chi connectivity index (χ1) is 27.7. The highest BCUT2D eigenvalue weighted by molar-refractivity contribution is 5.76. The summed E-state index contributed by atoms with van der Waals surface area (Å²) >= 11 is 0. The lowest BCUT2D eigenvalue weighted by atomic mass is 9.93. The zero-order valence-electron chi connectivity index (χ0n) is 39.4. The van der Waals surface area contributed by atoms with Gasteiger partial charge in [-0.05, 0) is 12.8 Å². The molecule has 0 rings (SSSR count). The maximum atomic E-state index is 12.0. The van der Waals surface area contributed by atoms with E-state index in [2.05, 4.69) is 13.8 Å². The standard InChI is InChI=1S/C54H109NO/c1-3-5-7-9-11-13-15-17-19-21-23-25-27-29-31-33-35-37-39-41-43-45-47-49-51-53(54(55)56)52-50-48-46-44-42-40-38-36-34-32-30-28-26-24-22-20-18-16-14-12-10-8-6-4-2/h53H,3-52H2,1-2H3,(H2,55,56). The summed E-state index contributed by atoms with van der Waals surface area (Å²) in [6, 6.07) is 0. The van der Waals surface area contributed by atoms with Crippen molar-refractivity contribution in [3.63, 3.8) is 0 Å². The Hall–Kier alpha value is -0.530. The first-order valence-electron chi connectivity index (χ1n) is 27.0. The van der Waals surface area contributed by atoms with Crippen LogP contribution in [0.5, 0.6) is 0 Å². The molecular formula is C54H109NO. The number of carbonyl (C=O) groups is 1. The fourth-order valence-electron chi connectivity index (χ4n) is 9.13. The zero-order chi connectivity index (χ0) is 40.5. The van der Waals surface area contributed by atoms with Gasteiger partial charge in [-0.2, -0.15) is 0 Å². The molecule has 0 saturated heterocycles. The van der Waals surface area contributed by atoms with E-state index < -0.39 is 0 Å². The minimum Gasteiger partial charge on any atom is -0.369 e. The summed E-state index contributed by atoms with van der Waals surface area (Å²) in [6.07, 6.45) is 70.5. The molecule has 336 valence electrons. The number of nitrogens with two attached hydrogens (primary N) is 1. The van der Waals surface area contributed by atoms with E-state index in [-0.39, 0.29) is 11.8 Å². The van der Waals surface area contributed by atoms with E-state index in [0.29, 0.717) is 0 Å². The van der Waals surface area contributed by atoms with Crippen LogP contribution in [0.15, 0.2) is 0 Å². The highest BCUT2D eigenvalue weighted by atomic mass is 16.1. The van der Waals surface area contributed by atoms with Crippen molar-refractivity contribution in [3.05, 3.63) is 0 Å². The third kappa shape index (κ3) is 47.8. The van der Waals surface area contributed by atoms with Crippen LogP contribution in [0, 0.1) is 5.92 Å². The molecule has 0 fully saturated rings. The van der Waals surface area contributed by atoms with Crippen LogP contribution in [0.2, 0.25) is 0 Å². The van der Waals surface area contributed by atoms with Crippen molar-refractivity contribution in [1.82, 2.24) is 0 Å². The van der Waals surface area contributed by atoms with Gasteiger partial charge in [0.15, 0.2) is 0 Å². The van der Waals surface area contributed by atoms with Crippen molar-refractivity contribution < 1.29 is 4.79 Å². The summed E-state index contributed by atoms with van der Waals surface area (Å²) in [6.45, 7) is 4.61. The normalized spacial score (nSPS) is 11.7. The SMILES string of the molecule is CCCCCCCCCCCCCCCCCCCCCCCCCCC(CCCCCCCCCCCCCCCCCCCCCCCCCC)C(N)=O. The molecule has 56 heavy (non-hydrogen) atoms. The smallest absolute Gasteiger partial charge is 0.220 e. The van der Waals surface area contributed by atoms with Gasteiger partial charge in [0.25, 0.3) is 0 Å². The van der Waals surface area contributed by atoms with Crippen LogP contribution in [0.1, 0.15) is 335 Å². The predicted molar refractivity (Wildman–Crippen MR) is 255 cm³/mol. The number of rotatable bonds is 51. The third-order valence-electron chi connectivity index (χ3n) is 13.2. The molecular weight excluding hydrogens is 679 g/mol. The molecule has 0 saturated carbocycles. The second kappa shape index (κ2) is 50.6. The van der Waals surface area contributed by atoms with E-state index in [1.54, 1.807) is 0 Å². The Morgan fingerprint density at radius 2 is 0.375 bits per heavy atom. The fourth-order valence-corrected chi connectivity index (χ4v) is 9.13. The van der Waals surface area contributed by atoms with Gasteiger partial charge < -0.3 is 5.73 Å². The first-order valence-corrected chi connectivity index (χ1v) is 27.0. The predicted octanol–water partition coefficient (Wildman–Crippen LogP) is 19.6. The van der Waals surface area contributed by atoms with Gasteiger partial charge in [0.2, 0.25) is 5.91 Å². The number of carbonyl (C=O) groups excluding carboxylic acids is 1. The molecule has 0 radical (unpaired) electrons. The fraction of sp³-hybridized carbons (Fsp3) is 0.981. The van der Waals surface area contributed by atoms with E-state index in [9.17, 15) is 4.79 Å². The van der Waals surface area contributed by atoms with Gasteiger partial charge in [0, 0.05) is 5.92 Å². The molecule has 0 aromatic carbocycles. The van der Waals surface area contributed by atoms with E-state index in [4.69, 9.17) is 5.73 Å². The minimum absolute atomic E-state index is 0.0480. The molecule has 2 nitrogen and oxygen atoms in total. The molecule has 0 unspecified atom stereocenters. The number of primary amides is 1. The molecule has 2 N–H and O–H groups in total. The molecule has 1 amide bonds. The maximum Gasteiger partial charge on any atom is 0.220 e. The van der Waals surface area contributed by atoms with E-state index in [0.717, 1.165) is 12.8 Å². The van der Waals surface area contributed by atoms with Crippen LogP contribution in [-0.4, -0.2) is 5.91 Å². The Bertz CT molecular complexity index is 653. The van der Waals surface area contributed by atoms with E-state index in [1.807, 2.05) is 0 Å². The highest BCUT2D eigenvalue weighted by Crippen LogP contribution is 2.21. The lowest BCUT2D eigenvalue weighted by Crippen LogP contribution is -2.23. The van der Waals surface area contributed by atoms with Crippen molar-refractivity contribution >= 4 is 5.91 Å². The summed E-state index contributed by atoms with van der Waals surface area (Å²) in [4.78, 5) is 12.0. The van der Waals surface area contributed by atoms with Gasteiger partial charge in [-0.25, -0.2) is 0 Å². The van der Waals surface area contributed by atoms with Gasteiger partial charge in [-0.3, -0.25) is 4.79 Å². The molecule has 0 atom stereocenters. The van der Waals surface area contributed by atoms with Gasteiger partial charge >= 0.3 is 0 Å². The Labute approximate surface area is 356 Å². The number of hydrogen-bond acceptors (Lipinski definition) is 1. The van der Waals surface area contributed by atoms with E-state index in [1.165, 1.54) is 308 Å². The lowest BCUT2D eigenvalue weighted by Gasteiger charge is -2.13. The van der Waals surface area contributed by atoms with Gasteiger partial charge in [0.1, 0.15) is 0 Å². The largest absolute Gasteiger partial charge is 0.369 e. The van der Waals surface area contributed by atoms with Gasteiger partial charge in [-0.15, -0.1) is 0 Å².